The number of nitrogens with zero attached hydrogens (tertiary/aromatic N) is 1. The molecule has 1 N–H and O–H groups in total. The number of likely N-dealkylation sites (tertiary alicyclic amines) is 1. The number of hydrogen-bond donors (Lipinski definition) is 1. The van der Waals surface area contributed by atoms with Crippen molar-refractivity contribution < 1.29 is 4.79 Å². The van der Waals surface area contributed by atoms with Crippen molar-refractivity contribution in [3.8, 4) is 0 Å². The lowest BCUT2D eigenvalue weighted by molar-refractivity contribution is -0.123. The lowest BCUT2D eigenvalue weighted by Crippen LogP contribution is -2.46. The van der Waals surface area contributed by atoms with Gasteiger partial charge in [0.15, 0.2) is 0 Å². The smallest absolute Gasteiger partial charge is 0.227 e. The fourth-order valence-electron chi connectivity index (χ4n) is 3.45. The maximum Gasteiger partial charge on any atom is 0.227 e. The lowest BCUT2D eigenvalue weighted by atomic mass is 9.98. The van der Waals surface area contributed by atoms with Crippen molar-refractivity contribution in [1.29, 1.82) is 0 Å². The van der Waals surface area contributed by atoms with Crippen molar-refractivity contribution in [1.82, 2.24) is 10.2 Å². The number of carbonyl (C=O) groups is 1. The van der Waals surface area contributed by atoms with Gasteiger partial charge in [0.2, 0.25) is 5.91 Å². The molecule has 0 spiro atoms. The van der Waals surface area contributed by atoms with Crippen molar-refractivity contribution in [2.24, 2.45) is 0 Å². The summed E-state index contributed by atoms with van der Waals surface area (Å²) in [6, 6.07) is 21.0. The molecule has 1 amide bonds. The van der Waals surface area contributed by atoms with Crippen LogP contribution in [0.5, 0.6) is 0 Å². The Morgan fingerprint density at radius 2 is 1.64 bits per heavy atom. The van der Waals surface area contributed by atoms with E-state index in [9.17, 15) is 4.79 Å². The molecule has 1 unspecified atom stereocenters. The van der Waals surface area contributed by atoms with Crippen LogP contribution in [0, 0.1) is 0 Å². The Morgan fingerprint density at radius 1 is 1.04 bits per heavy atom. The normalized spacial score (nSPS) is 17.2. The topological polar surface area (TPSA) is 32.3 Å². The van der Waals surface area contributed by atoms with Crippen LogP contribution < -0.4 is 5.32 Å². The first-order valence-corrected chi connectivity index (χ1v) is 9.34. The number of nitrogens with one attached hydrogen (secondary N) is 1. The van der Waals surface area contributed by atoms with E-state index >= 15 is 0 Å². The second-order valence-electron chi connectivity index (χ2n) is 6.99. The number of piperidine rings is 1. The lowest BCUT2D eigenvalue weighted by Gasteiger charge is -2.33. The predicted molar refractivity (Wildman–Crippen MR) is 103 cm³/mol. The standard InChI is InChI=1S/C22H28N2O/c1-18(20-10-6-3-7-11-20)22(25)23-21-13-16-24(17-14-21)15-12-19-8-4-2-5-9-19/h2-11,18,21H,12-17H2,1H3,(H,23,25). The van der Waals surface area contributed by atoms with E-state index in [2.05, 4.69) is 40.5 Å². The maximum atomic E-state index is 12.5. The summed E-state index contributed by atoms with van der Waals surface area (Å²) in [6.45, 7) is 5.22. The van der Waals surface area contributed by atoms with Gasteiger partial charge in [0.25, 0.3) is 0 Å². The largest absolute Gasteiger partial charge is 0.353 e. The van der Waals surface area contributed by atoms with Gasteiger partial charge in [-0.05, 0) is 37.3 Å². The summed E-state index contributed by atoms with van der Waals surface area (Å²) in [5.74, 6) is 0.0613. The van der Waals surface area contributed by atoms with Crippen LogP contribution in [0.1, 0.15) is 36.8 Å². The molecule has 0 aromatic heterocycles. The van der Waals surface area contributed by atoms with Crippen LogP contribution >= 0.6 is 0 Å². The van der Waals surface area contributed by atoms with Gasteiger partial charge < -0.3 is 10.2 Å². The zero-order chi connectivity index (χ0) is 17.5. The van der Waals surface area contributed by atoms with Crippen molar-refractivity contribution in [3.63, 3.8) is 0 Å². The minimum Gasteiger partial charge on any atom is -0.353 e. The number of amides is 1. The van der Waals surface area contributed by atoms with Crippen molar-refractivity contribution in [3.05, 3.63) is 71.8 Å². The van der Waals surface area contributed by atoms with Gasteiger partial charge in [0, 0.05) is 25.7 Å². The predicted octanol–water partition coefficient (Wildman–Crippen LogP) is 3.61. The van der Waals surface area contributed by atoms with Crippen LogP contribution in [0.2, 0.25) is 0 Å². The van der Waals surface area contributed by atoms with E-state index < -0.39 is 0 Å². The highest BCUT2D eigenvalue weighted by Crippen LogP contribution is 2.17. The zero-order valence-corrected chi connectivity index (χ0v) is 15.0. The molecule has 25 heavy (non-hydrogen) atoms. The third kappa shape index (κ3) is 5.17. The first-order valence-electron chi connectivity index (χ1n) is 9.34. The fourth-order valence-corrected chi connectivity index (χ4v) is 3.45. The maximum absolute atomic E-state index is 12.5. The zero-order valence-electron chi connectivity index (χ0n) is 15.0. The second kappa shape index (κ2) is 8.82. The highest BCUT2D eigenvalue weighted by molar-refractivity contribution is 5.83. The Morgan fingerprint density at radius 3 is 2.28 bits per heavy atom. The third-order valence-electron chi connectivity index (χ3n) is 5.19. The van der Waals surface area contributed by atoms with Gasteiger partial charge >= 0.3 is 0 Å². The van der Waals surface area contributed by atoms with E-state index in [0.717, 1.165) is 44.5 Å². The molecule has 0 radical (unpaired) electrons. The van der Waals surface area contributed by atoms with Crippen LogP contribution in [0.3, 0.4) is 0 Å². The summed E-state index contributed by atoms with van der Waals surface area (Å²) in [6.07, 6.45) is 3.19. The number of rotatable bonds is 6. The summed E-state index contributed by atoms with van der Waals surface area (Å²) in [5, 5.41) is 3.25. The molecule has 3 heteroatoms. The Labute approximate surface area is 151 Å². The fraction of sp³-hybridized carbons (Fsp3) is 0.409. The molecule has 3 nitrogen and oxygen atoms in total. The van der Waals surface area contributed by atoms with Gasteiger partial charge in [-0.3, -0.25) is 4.79 Å². The minimum absolute atomic E-state index is 0.0858. The highest BCUT2D eigenvalue weighted by Gasteiger charge is 2.23. The SMILES string of the molecule is CC(C(=O)NC1CCN(CCc2ccccc2)CC1)c1ccccc1. The van der Waals surface area contributed by atoms with Gasteiger partial charge in [-0.1, -0.05) is 60.7 Å². The molecule has 1 atom stereocenters. The number of hydrogen-bond acceptors (Lipinski definition) is 2. The van der Waals surface area contributed by atoms with E-state index in [-0.39, 0.29) is 11.8 Å². The van der Waals surface area contributed by atoms with Crippen molar-refractivity contribution >= 4 is 5.91 Å². The van der Waals surface area contributed by atoms with Gasteiger partial charge in [0.1, 0.15) is 0 Å². The number of benzene rings is 2. The van der Waals surface area contributed by atoms with Gasteiger partial charge in [0.05, 0.1) is 5.92 Å². The molecule has 1 aliphatic heterocycles. The average molecular weight is 336 g/mol. The molecule has 2 aromatic rings. The Kier molecular flexibility index (Phi) is 6.24. The average Bonchev–Trinajstić information content (AvgIpc) is 2.68. The van der Waals surface area contributed by atoms with E-state index in [1.807, 2.05) is 37.3 Å². The first kappa shape index (κ1) is 17.7. The van der Waals surface area contributed by atoms with Crippen molar-refractivity contribution in [2.45, 2.75) is 38.1 Å². The van der Waals surface area contributed by atoms with Crippen molar-refractivity contribution in [2.75, 3.05) is 19.6 Å². The summed E-state index contributed by atoms with van der Waals surface area (Å²) < 4.78 is 0. The van der Waals surface area contributed by atoms with Gasteiger partial charge in [-0.25, -0.2) is 0 Å². The van der Waals surface area contributed by atoms with E-state index in [1.54, 1.807) is 0 Å². The van der Waals surface area contributed by atoms with Crippen LogP contribution in [0.25, 0.3) is 0 Å². The summed E-state index contributed by atoms with van der Waals surface area (Å²) >= 11 is 0. The monoisotopic (exact) mass is 336 g/mol. The third-order valence-corrected chi connectivity index (χ3v) is 5.19. The minimum atomic E-state index is -0.0858. The molecule has 0 saturated carbocycles. The summed E-state index contributed by atoms with van der Waals surface area (Å²) in [5.41, 5.74) is 2.48. The Bertz CT molecular complexity index is 648. The van der Waals surface area contributed by atoms with Crippen LogP contribution in [-0.4, -0.2) is 36.5 Å². The molecule has 1 fully saturated rings. The highest BCUT2D eigenvalue weighted by atomic mass is 16.1. The quantitative estimate of drug-likeness (QED) is 0.874. The first-order chi connectivity index (χ1) is 12.2. The van der Waals surface area contributed by atoms with Crippen LogP contribution in [-0.2, 0) is 11.2 Å². The van der Waals surface area contributed by atoms with E-state index in [4.69, 9.17) is 0 Å². The molecule has 2 aromatic carbocycles. The van der Waals surface area contributed by atoms with Gasteiger partial charge in [-0.15, -0.1) is 0 Å². The Balaban J connectivity index is 1.41. The molecule has 1 aliphatic rings. The van der Waals surface area contributed by atoms with E-state index in [0.29, 0.717) is 6.04 Å². The number of carbonyl (C=O) groups excluding carboxylic acids is 1. The molecule has 0 aliphatic carbocycles. The molecular weight excluding hydrogens is 308 g/mol. The van der Waals surface area contributed by atoms with Crippen LogP contribution in [0.4, 0.5) is 0 Å². The second-order valence-corrected chi connectivity index (χ2v) is 6.99. The molecule has 1 heterocycles. The van der Waals surface area contributed by atoms with Crippen LogP contribution in [0.15, 0.2) is 60.7 Å². The summed E-state index contributed by atoms with van der Waals surface area (Å²) in [4.78, 5) is 15.0. The molecule has 1 saturated heterocycles. The summed E-state index contributed by atoms with van der Waals surface area (Å²) in [7, 11) is 0. The Hall–Kier alpha value is -2.13. The molecular formula is C22H28N2O. The molecule has 0 bridgehead atoms. The molecule has 3 rings (SSSR count). The molecule has 132 valence electrons. The van der Waals surface area contributed by atoms with Gasteiger partial charge in [-0.2, -0.15) is 0 Å². The van der Waals surface area contributed by atoms with E-state index in [1.165, 1.54) is 5.56 Å².